The van der Waals surface area contributed by atoms with Crippen LogP contribution in [-0.2, 0) is 9.59 Å². The molecule has 3 rings (SSSR count). The lowest BCUT2D eigenvalue weighted by Gasteiger charge is -2.35. The molecule has 1 heterocycles. The number of carbonyl (C=O) groups is 3. The number of benzene rings is 2. The number of aryl methyl sites for hydroxylation is 3. The Labute approximate surface area is 202 Å². The van der Waals surface area contributed by atoms with Crippen LogP contribution in [0.4, 0.5) is 11.4 Å². The molecule has 3 N–H and O–H groups in total. The summed E-state index contributed by atoms with van der Waals surface area (Å²) in [6.45, 7) is 11.6. The van der Waals surface area contributed by atoms with Crippen molar-refractivity contribution in [1.29, 1.82) is 0 Å². The molecule has 3 amide bonds. The molecule has 2 unspecified atom stereocenters. The van der Waals surface area contributed by atoms with E-state index in [1.54, 1.807) is 12.1 Å². The van der Waals surface area contributed by atoms with Gasteiger partial charge in [-0.15, -0.1) is 0 Å². The second kappa shape index (κ2) is 11.2. The molecule has 34 heavy (non-hydrogen) atoms. The second-order valence-electron chi connectivity index (χ2n) is 9.65. The molecule has 7 nitrogen and oxygen atoms in total. The summed E-state index contributed by atoms with van der Waals surface area (Å²) in [5.74, 6) is 0.307. The van der Waals surface area contributed by atoms with E-state index in [1.165, 1.54) is 0 Å². The van der Waals surface area contributed by atoms with Crippen LogP contribution in [0.15, 0.2) is 36.4 Å². The topological polar surface area (TPSA) is 90.5 Å². The van der Waals surface area contributed by atoms with E-state index in [9.17, 15) is 14.4 Å². The van der Waals surface area contributed by atoms with Gasteiger partial charge in [-0.2, -0.15) is 0 Å². The van der Waals surface area contributed by atoms with Crippen LogP contribution >= 0.6 is 0 Å². The Morgan fingerprint density at radius 2 is 1.53 bits per heavy atom. The maximum Gasteiger partial charge on any atom is 0.255 e. The first-order valence-corrected chi connectivity index (χ1v) is 11.9. The van der Waals surface area contributed by atoms with Gasteiger partial charge >= 0.3 is 0 Å². The third kappa shape index (κ3) is 6.59. The average Bonchev–Trinajstić information content (AvgIpc) is 2.77. The van der Waals surface area contributed by atoms with Crippen molar-refractivity contribution in [2.24, 2.45) is 11.8 Å². The normalized spacial score (nSPS) is 17.7. The minimum Gasteiger partial charge on any atom is -0.376 e. The molecule has 2 aromatic rings. The van der Waals surface area contributed by atoms with Crippen LogP contribution in [0.1, 0.15) is 47.3 Å². The van der Waals surface area contributed by atoms with Crippen molar-refractivity contribution in [3.05, 3.63) is 58.7 Å². The highest BCUT2D eigenvalue weighted by molar-refractivity contribution is 6.00. The summed E-state index contributed by atoms with van der Waals surface area (Å²) < 4.78 is 0. The second-order valence-corrected chi connectivity index (χ2v) is 9.65. The molecule has 1 aliphatic rings. The summed E-state index contributed by atoms with van der Waals surface area (Å²) >= 11 is 0. The quantitative estimate of drug-likeness (QED) is 0.580. The molecular formula is C27H36N4O3. The zero-order valence-corrected chi connectivity index (χ0v) is 20.8. The van der Waals surface area contributed by atoms with Crippen LogP contribution in [0.5, 0.6) is 0 Å². The Morgan fingerprint density at radius 3 is 2.18 bits per heavy atom. The number of nitrogens with one attached hydrogen (secondary N) is 3. The largest absolute Gasteiger partial charge is 0.376 e. The number of rotatable bonds is 7. The highest BCUT2D eigenvalue weighted by Crippen LogP contribution is 2.25. The van der Waals surface area contributed by atoms with Crippen molar-refractivity contribution in [2.45, 2.75) is 41.0 Å². The van der Waals surface area contributed by atoms with Gasteiger partial charge < -0.3 is 20.9 Å². The molecule has 2 atom stereocenters. The van der Waals surface area contributed by atoms with Crippen molar-refractivity contribution >= 4 is 29.1 Å². The predicted octanol–water partition coefficient (Wildman–Crippen LogP) is 3.90. The first-order valence-electron chi connectivity index (χ1n) is 11.9. The highest BCUT2D eigenvalue weighted by Gasteiger charge is 2.27. The van der Waals surface area contributed by atoms with Crippen LogP contribution < -0.4 is 16.0 Å². The number of likely N-dealkylation sites (tertiary alicyclic amines) is 1. The number of hydrogen-bond donors (Lipinski definition) is 3. The lowest BCUT2D eigenvalue weighted by Crippen LogP contribution is -2.43. The van der Waals surface area contributed by atoms with Gasteiger partial charge in [0.1, 0.15) is 0 Å². The van der Waals surface area contributed by atoms with Crippen molar-refractivity contribution < 1.29 is 14.4 Å². The smallest absolute Gasteiger partial charge is 0.255 e. The third-order valence-electron chi connectivity index (χ3n) is 6.14. The van der Waals surface area contributed by atoms with Gasteiger partial charge in [-0.05, 0) is 62.3 Å². The molecule has 0 aromatic heterocycles. The molecule has 1 saturated heterocycles. The summed E-state index contributed by atoms with van der Waals surface area (Å²) in [4.78, 5) is 39.8. The molecule has 0 aliphatic carbocycles. The number of piperidine rings is 1. The van der Waals surface area contributed by atoms with Gasteiger partial charge in [-0.1, -0.05) is 43.7 Å². The Bertz CT molecular complexity index is 1030. The van der Waals surface area contributed by atoms with E-state index in [4.69, 9.17) is 0 Å². The summed E-state index contributed by atoms with van der Waals surface area (Å²) in [6.07, 6.45) is 1.13. The average molecular weight is 465 g/mol. The standard InChI is InChI=1S/C27H36N4O3/c1-17-11-20(4)26(21(5)12-17)30-25(33)14-29-24(32)13-28-23-9-7-6-8-22(23)27(34)31-15-18(2)10-19(3)16-31/h6-9,11-12,18-19,28H,10,13-16H2,1-5H3,(H,29,32)(H,30,33). The van der Waals surface area contributed by atoms with E-state index < -0.39 is 0 Å². The lowest BCUT2D eigenvalue weighted by molar-refractivity contribution is -0.122. The van der Waals surface area contributed by atoms with Crippen LogP contribution in [0.3, 0.4) is 0 Å². The van der Waals surface area contributed by atoms with Crippen molar-refractivity contribution in [3.8, 4) is 0 Å². The van der Waals surface area contributed by atoms with Gasteiger partial charge in [0.25, 0.3) is 5.91 Å². The molecule has 2 aromatic carbocycles. The first kappa shape index (κ1) is 25.3. The minimum atomic E-state index is -0.324. The monoisotopic (exact) mass is 464 g/mol. The number of carbonyl (C=O) groups excluding carboxylic acids is 3. The molecule has 0 bridgehead atoms. The molecule has 7 heteroatoms. The highest BCUT2D eigenvalue weighted by atomic mass is 16.2. The van der Waals surface area contributed by atoms with Crippen LogP contribution in [0.25, 0.3) is 0 Å². The Hall–Kier alpha value is -3.35. The van der Waals surface area contributed by atoms with Crippen molar-refractivity contribution in [3.63, 3.8) is 0 Å². The van der Waals surface area contributed by atoms with Crippen molar-refractivity contribution in [1.82, 2.24) is 10.2 Å². The molecular weight excluding hydrogens is 428 g/mol. The molecule has 182 valence electrons. The van der Waals surface area contributed by atoms with Crippen LogP contribution in [-0.4, -0.2) is 48.8 Å². The number of nitrogens with zero attached hydrogens (tertiary/aromatic N) is 1. The zero-order valence-electron chi connectivity index (χ0n) is 20.8. The van der Waals surface area contributed by atoms with Gasteiger partial charge in [-0.3, -0.25) is 14.4 Å². The third-order valence-corrected chi connectivity index (χ3v) is 6.14. The summed E-state index contributed by atoms with van der Waals surface area (Å²) in [7, 11) is 0. The van der Waals surface area contributed by atoms with E-state index >= 15 is 0 Å². The van der Waals surface area contributed by atoms with Gasteiger partial charge in [0.2, 0.25) is 11.8 Å². The Balaban J connectivity index is 1.53. The Kier molecular flexibility index (Phi) is 8.31. The van der Waals surface area contributed by atoms with Gasteiger partial charge in [0.05, 0.1) is 18.7 Å². The zero-order chi connectivity index (χ0) is 24.8. The molecule has 0 radical (unpaired) electrons. The molecule has 1 fully saturated rings. The molecule has 0 saturated carbocycles. The fourth-order valence-electron chi connectivity index (χ4n) is 4.80. The number of para-hydroxylation sites is 1. The number of hydrogen-bond acceptors (Lipinski definition) is 4. The maximum absolute atomic E-state index is 13.2. The van der Waals surface area contributed by atoms with Crippen LogP contribution in [0.2, 0.25) is 0 Å². The van der Waals surface area contributed by atoms with E-state index in [-0.39, 0.29) is 30.8 Å². The van der Waals surface area contributed by atoms with Gasteiger partial charge in [0.15, 0.2) is 0 Å². The van der Waals surface area contributed by atoms with Gasteiger partial charge in [-0.25, -0.2) is 0 Å². The van der Waals surface area contributed by atoms with E-state index in [1.807, 2.05) is 49.9 Å². The van der Waals surface area contributed by atoms with E-state index in [0.717, 1.165) is 41.9 Å². The maximum atomic E-state index is 13.2. The summed E-state index contributed by atoms with van der Waals surface area (Å²) in [5.41, 5.74) is 5.05. The van der Waals surface area contributed by atoms with Crippen LogP contribution in [0, 0.1) is 32.6 Å². The minimum absolute atomic E-state index is 0.0230. The van der Waals surface area contributed by atoms with Crippen molar-refractivity contribution in [2.75, 3.05) is 36.8 Å². The fraction of sp³-hybridized carbons (Fsp3) is 0.444. The first-order chi connectivity index (χ1) is 16.1. The summed E-state index contributed by atoms with van der Waals surface area (Å²) in [6, 6.07) is 11.3. The SMILES string of the molecule is Cc1cc(C)c(NC(=O)CNC(=O)CNc2ccccc2C(=O)N2CC(C)CC(C)C2)c(C)c1. The summed E-state index contributed by atoms with van der Waals surface area (Å²) in [5, 5.41) is 8.58. The number of amides is 3. The van der Waals surface area contributed by atoms with E-state index in [2.05, 4.69) is 29.8 Å². The fourth-order valence-corrected chi connectivity index (χ4v) is 4.80. The Morgan fingerprint density at radius 1 is 0.912 bits per heavy atom. The number of anilines is 2. The lowest BCUT2D eigenvalue weighted by atomic mass is 9.91. The molecule has 0 spiro atoms. The predicted molar refractivity (Wildman–Crippen MR) is 136 cm³/mol. The van der Waals surface area contributed by atoms with E-state index in [0.29, 0.717) is 23.1 Å². The molecule has 1 aliphatic heterocycles. The van der Waals surface area contributed by atoms with Gasteiger partial charge in [0, 0.05) is 24.5 Å².